The Morgan fingerprint density at radius 2 is 1.97 bits per heavy atom. The van der Waals surface area contributed by atoms with Gasteiger partial charge in [0.05, 0.1) is 52.9 Å². The van der Waals surface area contributed by atoms with Crippen LogP contribution in [0.15, 0.2) is 36.8 Å². The van der Waals surface area contributed by atoms with Crippen LogP contribution in [0.5, 0.6) is 0 Å². The second-order valence-electron chi connectivity index (χ2n) is 8.93. The van der Waals surface area contributed by atoms with Crippen LogP contribution in [0.25, 0.3) is 16.6 Å². The molecule has 0 radical (unpaired) electrons. The molecule has 1 fully saturated rings. The number of aromatic nitrogens is 3. The highest BCUT2D eigenvalue weighted by atomic mass is 19.3. The fraction of sp³-hybridized carbons (Fsp3) is 0.292. The molecule has 1 saturated heterocycles. The average molecular weight is 485 g/mol. The quantitative estimate of drug-likeness (QED) is 0.430. The van der Waals surface area contributed by atoms with E-state index in [1.165, 1.54) is 23.5 Å². The van der Waals surface area contributed by atoms with Gasteiger partial charge in [-0.1, -0.05) is 0 Å². The van der Waals surface area contributed by atoms with Gasteiger partial charge in [-0.05, 0) is 36.2 Å². The molecule has 35 heavy (non-hydrogen) atoms. The second kappa shape index (κ2) is 7.64. The lowest BCUT2D eigenvalue weighted by Crippen LogP contribution is -2.50. The minimum absolute atomic E-state index is 0.121. The van der Waals surface area contributed by atoms with Gasteiger partial charge in [0.25, 0.3) is 12.3 Å². The number of alkyl halides is 2. The molecule has 1 aliphatic heterocycles. The highest BCUT2D eigenvalue weighted by molar-refractivity contribution is 5.99. The number of carbonyl (C=O) groups is 1. The van der Waals surface area contributed by atoms with Gasteiger partial charge in [-0.2, -0.15) is 0 Å². The largest absolute Gasteiger partial charge is 0.382 e. The molecule has 1 aliphatic carbocycles. The van der Waals surface area contributed by atoms with Crippen molar-refractivity contribution >= 4 is 28.3 Å². The SMILES string of the molecule is C[C@H]1CN(C(=O)c2cc3c(cc2F)nc(N)c2cncn23)[C@H]2c3cc(F)c(C(F)F)cc3C[C@H]2O1. The molecule has 2 N–H and O–H groups in total. The smallest absolute Gasteiger partial charge is 0.266 e. The molecule has 4 aromatic rings. The summed E-state index contributed by atoms with van der Waals surface area (Å²) < 4.78 is 63.7. The van der Waals surface area contributed by atoms with Crippen LogP contribution >= 0.6 is 0 Å². The van der Waals surface area contributed by atoms with E-state index >= 15 is 4.39 Å². The maximum absolute atomic E-state index is 15.2. The molecular weight excluding hydrogens is 466 g/mol. The number of carbonyl (C=O) groups excluding carboxylic acids is 1. The summed E-state index contributed by atoms with van der Waals surface area (Å²) in [5, 5.41) is 0. The lowest BCUT2D eigenvalue weighted by Gasteiger charge is -2.41. The van der Waals surface area contributed by atoms with E-state index in [0.29, 0.717) is 22.2 Å². The summed E-state index contributed by atoms with van der Waals surface area (Å²) in [5.41, 5.74) is 7.12. The van der Waals surface area contributed by atoms with Gasteiger partial charge in [0, 0.05) is 19.0 Å². The maximum atomic E-state index is 15.2. The summed E-state index contributed by atoms with van der Waals surface area (Å²) >= 11 is 0. The van der Waals surface area contributed by atoms with Crippen LogP contribution < -0.4 is 5.73 Å². The standard InChI is InChI=1S/C24H19F4N5O2/c1-10-8-32(21-12-4-15(25)13(22(27)28)2-11(12)3-20(21)35-10)24(34)14-5-18-17(6-16(14)26)31-23(29)19-7-30-9-33(18)19/h2,4-7,9-10,20-22H,3,8H2,1H3,(H2,29,31)/t10-,20+,21-/m0/s1. The number of hydrogen-bond acceptors (Lipinski definition) is 5. The Hall–Kier alpha value is -3.73. The van der Waals surface area contributed by atoms with Crippen molar-refractivity contribution in [2.45, 2.75) is 38.0 Å². The van der Waals surface area contributed by atoms with Gasteiger partial charge < -0.3 is 15.4 Å². The van der Waals surface area contributed by atoms with E-state index in [1.54, 1.807) is 11.3 Å². The van der Waals surface area contributed by atoms with Gasteiger partial charge >= 0.3 is 0 Å². The summed E-state index contributed by atoms with van der Waals surface area (Å²) in [7, 11) is 0. The van der Waals surface area contributed by atoms with Crippen LogP contribution in [-0.4, -0.2) is 43.9 Å². The lowest BCUT2D eigenvalue weighted by molar-refractivity contribution is -0.0938. The van der Waals surface area contributed by atoms with Gasteiger partial charge in [-0.15, -0.1) is 0 Å². The molecule has 7 nitrogen and oxygen atoms in total. The van der Waals surface area contributed by atoms with E-state index in [-0.39, 0.29) is 36.0 Å². The zero-order chi connectivity index (χ0) is 24.6. The number of morpholine rings is 1. The van der Waals surface area contributed by atoms with E-state index in [0.717, 1.165) is 18.2 Å². The van der Waals surface area contributed by atoms with Crippen molar-refractivity contribution in [3.05, 3.63) is 70.7 Å². The number of ether oxygens (including phenoxy) is 1. The Kier molecular flexibility index (Phi) is 4.75. The Morgan fingerprint density at radius 1 is 1.17 bits per heavy atom. The van der Waals surface area contributed by atoms with Gasteiger partial charge in [0.2, 0.25) is 0 Å². The normalized spacial score (nSPS) is 21.7. The van der Waals surface area contributed by atoms with Crippen molar-refractivity contribution in [3.63, 3.8) is 0 Å². The topological polar surface area (TPSA) is 85.8 Å². The van der Waals surface area contributed by atoms with E-state index < -0.39 is 41.7 Å². The minimum Gasteiger partial charge on any atom is -0.382 e. The molecule has 6 rings (SSSR count). The Morgan fingerprint density at radius 3 is 2.74 bits per heavy atom. The summed E-state index contributed by atoms with van der Waals surface area (Å²) in [6, 6.07) is 3.96. The van der Waals surface area contributed by atoms with Crippen LogP contribution in [0.1, 0.15) is 46.4 Å². The van der Waals surface area contributed by atoms with Crippen molar-refractivity contribution in [3.8, 4) is 0 Å². The van der Waals surface area contributed by atoms with E-state index in [4.69, 9.17) is 10.5 Å². The maximum Gasteiger partial charge on any atom is 0.266 e. The van der Waals surface area contributed by atoms with Crippen molar-refractivity contribution in [1.82, 2.24) is 19.3 Å². The predicted octanol–water partition coefficient (Wildman–Crippen LogP) is 4.21. The third-order valence-electron chi connectivity index (χ3n) is 6.74. The number of hydrogen-bond donors (Lipinski definition) is 1. The number of halogens is 4. The zero-order valence-corrected chi connectivity index (χ0v) is 18.4. The predicted molar refractivity (Wildman–Crippen MR) is 118 cm³/mol. The Bertz CT molecular complexity index is 1520. The Balaban J connectivity index is 1.46. The number of rotatable bonds is 2. The highest BCUT2D eigenvalue weighted by Crippen LogP contribution is 2.44. The molecule has 2 aromatic carbocycles. The van der Waals surface area contributed by atoms with Crippen molar-refractivity contribution < 1.29 is 27.1 Å². The molecule has 0 spiro atoms. The molecule has 3 heterocycles. The van der Waals surface area contributed by atoms with Crippen LogP contribution in [0, 0.1) is 11.6 Å². The molecule has 0 saturated carbocycles. The molecule has 0 bridgehead atoms. The third kappa shape index (κ3) is 3.25. The first-order valence-electron chi connectivity index (χ1n) is 11.0. The highest BCUT2D eigenvalue weighted by Gasteiger charge is 2.45. The number of nitrogens with zero attached hydrogens (tertiary/aromatic N) is 4. The number of amides is 1. The number of fused-ring (bicyclic) bond motifs is 6. The fourth-order valence-corrected chi connectivity index (χ4v) is 5.25. The summed E-state index contributed by atoms with van der Waals surface area (Å²) in [6.07, 6.45) is -0.665. The molecule has 2 aliphatic rings. The van der Waals surface area contributed by atoms with Gasteiger partial charge in [-0.25, -0.2) is 27.5 Å². The monoisotopic (exact) mass is 485 g/mol. The number of anilines is 1. The van der Waals surface area contributed by atoms with E-state index in [2.05, 4.69) is 9.97 Å². The third-order valence-corrected chi connectivity index (χ3v) is 6.74. The first kappa shape index (κ1) is 21.8. The average Bonchev–Trinajstić information content (AvgIpc) is 3.42. The number of imidazole rings is 1. The van der Waals surface area contributed by atoms with Crippen molar-refractivity contribution in [2.75, 3.05) is 12.3 Å². The van der Waals surface area contributed by atoms with E-state index in [1.807, 2.05) is 0 Å². The first-order valence-corrected chi connectivity index (χ1v) is 11.0. The zero-order valence-electron chi connectivity index (χ0n) is 18.4. The molecule has 2 aromatic heterocycles. The summed E-state index contributed by atoms with van der Waals surface area (Å²) in [5.74, 6) is -2.28. The molecule has 3 atom stereocenters. The van der Waals surface area contributed by atoms with Crippen molar-refractivity contribution in [2.24, 2.45) is 0 Å². The summed E-state index contributed by atoms with van der Waals surface area (Å²) in [4.78, 5) is 23.4. The van der Waals surface area contributed by atoms with Crippen molar-refractivity contribution in [1.29, 1.82) is 0 Å². The molecule has 11 heteroatoms. The van der Waals surface area contributed by atoms with Crippen LogP contribution in [-0.2, 0) is 11.2 Å². The van der Waals surface area contributed by atoms with Crippen LogP contribution in [0.3, 0.4) is 0 Å². The van der Waals surface area contributed by atoms with Gasteiger partial charge in [-0.3, -0.25) is 9.20 Å². The number of nitrogen functional groups attached to an aromatic ring is 1. The first-order chi connectivity index (χ1) is 16.7. The van der Waals surface area contributed by atoms with Crippen LogP contribution in [0.2, 0.25) is 0 Å². The van der Waals surface area contributed by atoms with Gasteiger partial charge in [0.1, 0.15) is 23.0 Å². The molecule has 0 unspecified atom stereocenters. The van der Waals surface area contributed by atoms with Gasteiger partial charge in [0.15, 0.2) is 0 Å². The lowest BCUT2D eigenvalue weighted by atomic mass is 10.00. The Labute approximate surface area is 196 Å². The minimum atomic E-state index is -2.96. The number of nitrogens with two attached hydrogens (primary N) is 1. The second-order valence-corrected chi connectivity index (χ2v) is 8.93. The van der Waals surface area contributed by atoms with Crippen LogP contribution in [0.4, 0.5) is 23.4 Å². The molecule has 180 valence electrons. The fourth-order valence-electron chi connectivity index (χ4n) is 5.25. The molecule has 1 amide bonds. The van der Waals surface area contributed by atoms with E-state index in [9.17, 15) is 18.0 Å². The summed E-state index contributed by atoms with van der Waals surface area (Å²) in [6.45, 7) is 1.89. The number of benzene rings is 2. The molecular formula is C24H19F4N5O2.